The number of rotatable bonds is 5. The van der Waals surface area contributed by atoms with Crippen molar-refractivity contribution in [1.82, 2.24) is 24.8 Å². The second-order valence-corrected chi connectivity index (χ2v) is 8.61. The van der Waals surface area contributed by atoms with Gasteiger partial charge in [0.15, 0.2) is 5.11 Å². The van der Waals surface area contributed by atoms with Crippen LogP contribution < -0.4 is 5.32 Å². The van der Waals surface area contributed by atoms with Gasteiger partial charge in [0.2, 0.25) is 0 Å². The number of benzene rings is 1. The molecule has 33 heavy (non-hydrogen) atoms. The SMILES string of the molecule is Cc1cc([C@@H]2[C@@H](c3ccccn3)NC(=S)N2Cc2ccncc2)c(C)n1-c1ccccc1F. The standard InChI is InChI=1S/C26H24FN5S/c1-17-15-20(18(2)32(17)23-9-4-3-7-21(23)27)25-24(22-8-5-6-12-29-22)30-26(33)31(25)16-19-10-13-28-14-11-19/h3-15,24-25H,16H2,1-2H3,(H,30,33)/t24-,25-/m1/s1. The van der Waals surface area contributed by atoms with Gasteiger partial charge in [-0.2, -0.15) is 0 Å². The Morgan fingerprint density at radius 3 is 2.48 bits per heavy atom. The highest BCUT2D eigenvalue weighted by Crippen LogP contribution is 2.42. The number of thiocarbonyl (C=S) groups is 1. The Bertz CT molecular complexity index is 1290. The van der Waals surface area contributed by atoms with E-state index in [9.17, 15) is 4.39 Å². The van der Waals surface area contributed by atoms with Crippen molar-refractivity contribution in [2.24, 2.45) is 0 Å². The summed E-state index contributed by atoms with van der Waals surface area (Å²) in [5, 5.41) is 4.16. The van der Waals surface area contributed by atoms with E-state index in [0.717, 1.165) is 28.2 Å². The minimum Gasteiger partial charge on any atom is -0.352 e. The van der Waals surface area contributed by atoms with E-state index in [1.807, 2.05) is 60.9 Å². The average molecular weight is 458 g/mol. The maximum atomic E-state index is 14.7. The molecule has 4 heterocycles. The van der Waals surface area contributed by atoms with Crippen molar-refractivity contribution in [2.45, 2.75) is 32.5 Å². The van der Waals surface area contributed by atoms with Crippen LogP contribution in [0.5, 0.6) is 0 Å². The van der Waals surface area contributed by atoms with Gasteiger partial charge in [0, 0.05) is 36.5 Å². The zero-order valence-electron chi connectivity index (χ0n) is 18.4. The molecule has 0 aliphatic carbocycles. The van der Waals surface area contributed by atoms with Gasteiger partial charge in [0.25, 0.3) is 0 Å². The molecule has 0 bridgehead atoms. The third-order valence-corrected chi connectivity index (χ3v) is 6.53. The molecule has 4 aromatic rings. The molecule has 1 fully saturated rings. The molecular weight excluding hydrogens is 433 g/mol. The molecule has 0 saturated carbocycles. The van der Waals surface area contributed by atoms with Crippen molar-refractivity contribution >= 4 is 17.3 Å². The molecular formula is C26H24FN5S. The monoisotopic (exact) mass is 457 g/mol. The molecule has 166 valence electrons. The van der Waals surface area contributed by atoms with Crippen LogP contribution in [0.3, 0.4) is 0 Å². The summed E-state index contributed by atoms with van der Waals surface area (Å²) >= 11 is 5.80. The van der Waals surface area contributed by atoms with Crippen LogP contribution in [0.15, 0.2) is 79.3 Å². The minimum absolute atomic E-state index is 0.104. The van der Waals surface area contributed by atoms with Crippen molar-refractivity contribution in [1.29, 1.82) is 0 Å². The summed E-state index contributed by atoms with van der Waals surface area (Å²) in [6.45, 7) is 4.68. The Balaban J connectivity index is 1.63. The highest BCUT2D eigenvalue weighted by Gasteiger charge is 2.41. The van der Waals surface area contributed by atoms with Crippen LogP contribution in [0.25, 0.3) is 5.69 Å². The van der Waals surface area contributed by atoms with Gasteiger partial charge in [-0.25, -0.2) is 4.39 Å². The van der Waals surface area contributed by atoms with Gasteiger partial charge in [-0.3, -0.25) is 9.97 Å². The van der Waals surface area contributed by atoms with Crippen molar-refractivity contribution < 1.29 is 4.39 Å². The third-order valence-electron chi connectivity index (χ3n) is 6.18. The van der Waals surface area contributed by atoms with Crippen LogP contribution >= 0.6 is 12.2 Å². The maximum absolute atomic E-state index is 14.7. The normalized spacial score (nSPS) is 17.9. The van der Waals surface area contributed by atoms with Crippen molar-refractivity contribution in [2.75, 3.05) is 0 Å². The molecule has 1 saturated heterocycles. The van der Waals surface area contributed by atoms with E-state index in [0.29, 0.717) is 17.3 Å². The van der Waals surface area contributed by atoms with E-state index in [2.05, 4.69) is 26.3 Å². The van der Waals surface area contributed by atoms with E-state index in [-0.39, 0.29) is 17.9 Å². The quantitative estimate of drug-likeness (QED) is 0.418. The van der Waals surface area contributed by atoms with Crippen LogP contribution in [0.4, 0.5) is 4.39 Å². The Kier molecular flexibility index (Phi) is 5.64. The topological polar surface area (TPSA) is 46.0 Å². The lowest BCUT2D eigenvalue weighted by atomic mass is 9.96. The number of hydrogen-bond acceptors (Lipinski definition) is 3. The molecule has 0 unspecified atom stereocenters. The molecule has 1 aliphatic heterocycles. The van der Waals surface area contributed by atoms with Crippen LogP contribution in [-0.4, -0.2) is 24.5 Å². The minimum atomic E-state index is -0.249. The average Bonchev–Trinajstić information content (AvgIpc) is 3.30. The molecule has 7 heteroatoms. The predicted molar refractivity (Wildman–Crippen MR) is 130 cm³/mol. The van der Waals surface area contributed by atoms with Gasteiger partial charge >= 0.3 is 0 Å². The van der Waals surface area contributed by atoms with Crippen molar-refractivity contribution in [3.8, 4) is 5.69 Å². The van der Waals surface area contributed by atoms with Crippen molar-refractivity contribution in [3.05, 3.63) is 113 Å². The largest absolute Gasteiger partial charge is 0.352 e. The fourth-order valence-corrected chi connectivity index (χ4v) is 5.00. The molecule has 3 aromatic heterocycles. The van der Waals surface area contributed by atoms with Gasteiger partial charge in [0.05, 0.1) is 23.5 Å². The number of para-hydroxylation sites is 1. The smallest absolute Gasteiger partial charge is 0.170 e. The van der Waals surface area contributed by atoms with E-state index >= 15 is 0 Å². The zero-order chi connectivity index (χ0) is 22.9. The first-order valence-corrected chi connectivity index (χ1v) is 11.3. The number of nitrogens with zero attached hydrogens (tertiary/aromatic N) is 4. The van der Waals surface area contributed by atoms with Gasteiger partial charge in [0.1, 0.15) is 5.82 Å². The summed E-state index contributed by atoms with van der Waals surface area (Å²) in [7, 11) is 0. The van der Waals surface area contributed by atoms with E-state index < -0.39 is 0 Å². The fourth-order valence-electron chi connectivity index (χ4n) is 4.69. The third kappa shape index (κ3) is 3.89. The number of nitrogens with one attached hydrogen (secondary N) is 1. The summed E-state index contributed by atoms with van der Waals surface area (Å²) in [6.07, 6.45) is 5.37. The Labute approximate surface area is 197 Å². The fraction of sp³-hybridized carbons (Fsp3) is 0.192. The lowest BCUT2D eigenvalue weighted by Gasteiger charge is -2.28. The molecule has 1 aliphatic rings. The van der Waals surface area contributed by atoms with Gasteiger partial charge in [-0.1, -0.05) is 18.2 Å². The highest BCUT2D eigenvalue weighted by molar-refractivity contribution is 7.80. The first-order chi connectivity index (χ1) is 16.0. The number of pyridine rings is 2. The first kappa shape index (κ1) is 21.3. The van der Waals surface area contributed by atoms with Gasteiger partial charge in [-0.15, -0.1) is 0 Å². The molecule has 5 rings (SSSR count). The molecule has 1 N–H and O–H groups in total. The van der Waals surface area contributed by atoms with E-state index in [1.165, 1.54) is 6.07 Å². The molecule has 0 radical (unpaired) electrons. The molecule has 5 nitrogen and oxygen atoms in total. The van der Waals surface area contributed by atoms with Gasteiger partial charge in [-0.05, 0) is 79.7 Å². The van der Waals surface area contributed by atoms with E-state index in [1.54, 1.807) is 24.7 Å². The Morgan fingerprint density at radius 1 is 1.00 bits per heavy atom. The second-order valence-electron chi connectivity index (χ2n) is 8.22. The summed E-state index contributed by atoms with van der Waals surface area (Å²) in [6, 6.07) is 18.7. The van der Waals surface area contributed by atoms with E-state index in [4.69, 9.17) is 12.2 Å². The maximum Gasteiger partial charge on any atom is 0.170 e. The number of aryl methyl sites for hydroxylation is 1. The van der Waals surface area contributed by atoms with Crippen LogP contribution in [0.1, 0.15) is 40.3 Å². The van der Waals surface area contributed by atoms with Gasteiger partial charge < -0.3 is 14.8 Å². The molecule has 0 spiro atoms. The predicted octanol–water partition coefficient (Wildman–Crippen LogP) is 5.20. The first-order valence-electron chi connectivity index (χ1n) is 10.9. The highest BCUT2D eigenvalue weighted by atomic mass is 32.1. The molecule has 2 atom stereocenters. The number of hydrogen-bond donors (Lipinski definition) is 1. The zero-order valence-corrected chi connectivity index (χ0v) is 19.3. The lowest BCUT2D eigenvalue weighted by molar-refractivity contribution is 0.310. The van der Waals surface area contributed by atoms with Crippen LogP contribution in [-0.2, 0) is 6.54 Å². The molecule has 0 amide bonds. The number of halogens is 1. The Hall–Kier alpha value is -3.58. The lowest BCUT2D eigenvalue weighted by Crippen LogP contribution is -2.29. The summed E-state index contributed by atoms with van der Waals surface area (Å²) in [5.41, 5.74) is 5.61. The second kappa shape index (κ2) is 8.75. The van der Waals surface area contributed by atoms with Crippen LogP contribution in [0.2, 0.25) is 0 Å². The Morgan fingerprint density at radius 2 is 1.76 bits per heavy atom. The summed E-state index contributed by atoms with van der Waals surface area (Å²) < 4.78 is 16.7. The summed E-state index contributed by atoms with van der Waals surface area (Å²) in [5.74, 6) is -0.249. The van der Waals surface area contributed by atoms with Crippen LogP contribution in [0, 0.1) is 19.7 Å². The van der Waals surface area contributed by atoms with Crippen molar-refractivity contribution in [3.63, 3.8) is 0 Å². The molecule has 1 aromatic carbocycles. The summed E-state index contributed by atoms with van der Waals surface area (Å²) in [4.78, 5) is 10.9. The number of aromatic nitrogens is 3.